The molecule has 2 fully saturated rings. The zero-order valence-corrected chi connectivity index (χ0v) is 25.8. The Bertz CT molecular complexity index is 1600. The molecule has 230 valence electrons. The molecule has 1 amide bonds. The summed E-state index contributed by atoms with van der Waals surface area (Å²) in [5.74, 6) is -1.01. The second kappa shape index (κ2) is 13.0. The number of halogens is 2. The highest BCUT2D eigenvalue weighted by Gasteiger charge is 2.36. The first kappa shape index (κ1) is 30.1. The zero-order chi connectivity index (χ0) is 30.8. The average Bonchev–Trinajstić information content (AvgIpc) is 2.99. The summed E-state index contributed by atoms with van der Waals surface area (Å²) in [5.41, 5.74) is 2.96. The standard InChI is InChI=1S/C33H37ClFN7O2/c1-22(35)32(43)42-16-15-41(20-25(42)19-36-2)31-26-13-14-40(29-12-5-8-23-7-4-11-27(34)30(23)29)21-28(26)37-33(38-31)44-18-17-39(3)24-9-6-10-24/h4-5,7-8,11-12,24-25H,1,6,9-10,13-21H2,3H3/t25-/m0/s1. The first-order valence-corrected chi connectivity index (χ1v) is 15.6. The van der Waals surface area contributed by atoms with Crippen molar-refractivity contribution in [1.29, 1.82) is 0 Å². The Kier molecular flexibility index (Phi) is 8.87. The predicted octanol–water partition coefficient (Wildman–Crippen LogP) is 5.13. The number of amides is 1. The topological polar surface area (TPSA) is 69.4 Å². The Balaban J connectivity index is 1.30. The van der Waals surface area contributed by atoms with E-state index in [4.69, 9.17) is 32.9 Å². The molecule has 1 aliphatic carbocycles. The number of carbonyl (C=O) groups excluding carboxylic acids is 1. The number of fused-ring (bicyclic) bond motifs is 2. The van der Waals surface area contributed by atoms with Crippen molar-refractivity contribution in [3.63, 3.8) is 0 Å². The third-order valence-electron chi connectivity index (χ3n) is 9.15. The number of ether oxygens (including phenoxy) is 1. The summed E-state index contributed by atoms with van der Waals surface area (Å²) in [5, 5.41) is 2.81. The van der Waals surface area contributed by atoms with Crippen molar-refractivity contribution < 1.29 is 13.9 Å². The van der Waals surface area contributed by atoms with E-state index in [1.807, 2.05) is 18.2 Å². The van der Waals surface area contributed by atoms with E-state index in [1.165, 1.54) is 24.2 Å². The number of aromatic nitrogens is 2. The second-order valence-electron chi connectivity index (χ2n) is 11.8. The summed E-state index contributed by atoms with van der Waals surface area (Å²) >= 11 is 6.69. The van der Waals surface area contributed by atoms with Crippen LogP contribution < -0.4 is 14.5 Å². The molecule has 1 saturated heterocycles. The van der Waals surface area contributed by atoms with Crippen LogP contribution in [-0.4, -0.2) is 90.7 Å². The molecule has 0 unspecified atom stereocenters. The Morgan fingerprint density at radius 3 is 2.70 bits per heavy atom. The maximum Gasteiger partial charge on any atom is 0.318 e. The van der Waals surface area contributed by atoms with Gasteiger partial charge < -0.3 is 29.2 Å². The van der Waals surface area contributed by atoms with Gasteiger partial charge >= 0.3 is 6.01 Å². The number of hydrogen-bond acceptors (Lipinski definition) is 7. The number of piperazine rings is 1. The van der Waals surface area contributed by atoms with Crippen LogP contribution in [0.5, 0.6) is 6.01 Å². The van der Waals surface area contributed by atoms with Gasteiger partial charge in [-0.3, -0.25) is 4.79 Å². The van der Waals surface area contributed by atoms with E-state index in [1.54, 1.807) is 0 Å². The van der Waals surface area contributed by atoms with Crippen molar-refractivity contribution in [1.82, 2.24) is 19.8 Å². The van der Waals surface area contributed by atoms with Crippen molar-refractivity contribution in [2.75, 3.05) is 62.7 Å². The van der Waals surface area contributed by atoms with Gasteiger partial charge in [0, 0.05) is 55.4 Å². The molecular formula is C33H37ClFN7O2. The fraction of sp³-hybridized carbons (Fsp3) is 0.455. The Hall–Kier alpha value is -3.94. The van der Waals surface area contributed by atoms with Gasteiger partial charge in [0.25, 0.3) is 5.91 Å². The van der Waals surface area contributed by atoms with Crippen LogP contribution in [0.4, 0.5) is 15.9 Å². The molecule has 0 bridgehead atoms. The SMILES string of the molecule is [C-]#[N+]C[C@H]1CN(c2nc(OCCN(C)C3CCC3)nc3c2CCN(c2cccc4cccc(Cl)c24)C3)CCN1C(=O)C(=C)F. The van der Waals surface area contributed by atoms with Gasteiger partial charge in [-0.1, -0.05) is 48.9 Å². The van der Waals surface area contributed by atoms with Crippen molar-refractivity contribution >= 4 is 39.8 Å². The van der Waals surface area contributed by atoms with E-state index in [0.717, 1.165) is 46.6 Å². The van der Waals surface area contributed by atoms with E-state index in [9.17, 15) is 9.18 Å². The highest BCUT2D eigenvalue weighted by Crippen LogP contribution is 2.37. The van der Waals surface area contributed by atoms with Gasteiger partial charge in [-0.05, 0) is 43.8 Å². The predicted molar refractivity (Wildman–Crippen MR) is 171 cm³/mol. The summed E-state index contributed by atoms with van der Waals surface area (Å²) in [6, 6.07) is 12.6. The Morgan fingerprint density at radius 2 is 1.98 bits per heavy atom. The smallest absolute Gasteiger partial charge is 0.318 e. The molecule has 9 nitrogen and oxygen atoms in total. The normalized spacial score (nSPS) is 18.6. The van der Waals surface area contributed by atoms with Gasteiger partial charge in [0.2, 0.25) is 6.54 Å². The summed E-state index contributed by atoms with van der Waals surface area (Å²) in [4.78, 5) is 34.0. The van der Waals surface area contributed by atoms with E-state index in [2.05, 4.69) is 51.4 Å². The molecule has 44 heavy (non-hydrogen) atoms. The van der Waals surface area contributed by atoms with E-state index < -0.39 is 17.8 Å². The van der Waals surface area contributed by atoms with Crippen LogP contribution in [0.15, 0.2) is 48.8 Å². The molecule has 2 aromatic carbocycles. The lowest BCUT2D eigenvalue weighted by Crippen LogP contribution is -2.57. The number of rotatable bonds is 9. The monoisotopic (exact) mass is 617 g/mol. The molecule has 11 heteroatoms. The molecule has 1 atom stereocenters. The number of anilines is 2. The maximum absolute atomic E-state index is 13.8. The molecule has 0 N–H and O–H groups in total. The number of carbonyl (C=O) groups is 1. The molecule has 2 aliphatic heterocycles. The van der Waals surface area contributed by atoms with Crippen LogP contribution in [0.1, 0.15) is 30.5 Å². The molecular weight excluding hydrogens is 581 g/mol. The number of likely N-dealkylation sites (N-methyl/N-ethyl adjacent to an activating group) is 1. The fourth-order valence-corrected chi connectivity index (χ4v) is 6.76. The maximum atomic E-state index is 13.8. The minimum absolute atomic E-state index is 0.0648. The minimum atomic E-state index is -1.01. The van der Waals surface area contributed by atoms with Crippen LogP contribution in [0.3, 0.4) is 0 Å². The molecule has 3 aliphatic rings. The number of nitrogens with zero attached hydrogens (tertiary/aromatic N) is 7. The molecule has 0 spiro atoms. The molecule has 1 aromatic heterocycles. The molecule has 0 radical (unpaired) electrons. The highest BCUT2D eigenvalue weighted by atomic mass is 35.5. The molecule has 6 rings (SSSR count). The first-order chi connectivity index (χ1) is 21.3. The molecule has 3 aromatic rings. The van der Waals surface area contributed by atoms with Crippen LogP contribution >= 0.6 is 11.6 Å². The van der Waals surface area contributed by atoms with Crippen molar-refractivity contribution in [3.05, 3.63) is 76.5 Å². The second-order valence-corrected chi connectivity index (χ2v) is 12.2. The van der Waals surface area contributed by atoms with Crippen LogP contribution in [0.2, 0.25) is 5.02 Å². The van der Waals surface area contributed by atoms with Crippen LogP contribution in [0, 0.1) is 6.57 Å². The lowest BCUT2D eigenvalue weighted by atomic mass is 9.92. The lowest BCUT2D eigenvalue weighted by Gasteiger charge is -2.41. The Labute approximate surface area is 262 Å². The average molecular weight is 618 g/mol. The molecule has 3 heterocycles. The third-order valence-corrected chi connectivity index (χ3v) is 9.46. The number of benzene rings is 2. The zero-order valence-electron chi connectivity index (χ0n) is 25.0. The third kappa shape index (κ3) is 6.04. The van der Waals surface area contributed by atoms with Crippen LogP contribution in [0.25, 0.3) is 15.6 Å². The van der Waals surface area contributed by atoms with Gasteiger partial charge in [0.15, 0.2) is 5.83 Å². The van der Waals surface area contributed by atoms with Crippen molar-refractivity contribution in [3.8, 4) is 6.01 Å². The van der Waals surface area contributed by atoms with Gasteiger partial charge in [0.05, 0.1) is 17.3 Å². The van der Waals surface area contributed by atoms with Gasteiger partial charge in [0.1, 0.15) is 18.5 Å². The molecule has 1 saturated carbocycles. The van der Waals surface area contributed by atoms with E-state index in [-0.39, 0.29) is 13.1 Å². The fourth-order valence-electron chi connectivity index (χ4n) is 6.48. The minimum Gasteiger partial charge on any atom is -0.462 e. The Morgan fingerprint density at radius 1 is 1.18 bits per heavy atom. The largest absolute Gasteiger partial charge is 0.462 e. The van der Waals surface area contributed by atoms with Gasteiger partial charge in [-0.25, -0.2) is 11.0 Å². The summed E-state index contributed by atoms with van der Waals surface area (Å²) in [7, 11) is 2.13. The van der Waals surface area contributed by atoms with E-state index >= 15 is 0 Å². The van der Waals surface area contributed by atoms with Gasteiger partial charge in [-0.2, -0.15) is 9.97 Å². The van der Waals surface area contributed by atoms with Gasteiger partial charge in [-0.15, -0.1) is 0 Å². The summed E-state index contributed by atoms with van der Waals surface area (Å²) in [6.07, 6.45) is 4.42. The quantitative estimate of drug-likeness (QED) is 0.244. The van der Waals surface area contributed by atoms with Crippen molar-refractivity contribution in [2.45, 2.75) is 44.3 Å². The first-order valence-electron chi connectivity index (χ1n) is 15.2. The summed E-state index contributed by atoms with van der Waals surface area (Å²) in [6.45, 7) is 14.3. The highest BCUT2D eigenvalue weighted by molar-refractivity contribution is 6.36. The number of hydrogen-bond donors (Lipinski definition) is 0. The van der Waals surface area contributed by atoms with Crippen molar-refractivity contribution in [2.24, 2.45) is 0 Å². The van der Waals surface area contributed by atoms with Crippen LogP contribution in [-0.2, 0) is 17.8 Å². The van der Waals surface area contributed by atoms with E-state index in [0.29, 0.717) is 49.7 Å². The lowest BCUT2D eigenvalue weighted by molar-refractivity contribution is -0.131. The summed E-state index contributed by atoms with van der Waals surface area (Å²) < 4.78 is 20.0.